The molecule has 0 bridgehead atoms. The molecule has 0 saturated carbocycles. The average Bonchev–Trinajstić information content (AvgIpc) is 2.59. The summed E-state index contributed by atoms with van der Waals surface area (Å²) in [4.78, 5) is 23.5. The normalized spacial score (nSPS) is 11.8. The molecule has 0 spiro atoms. The lowest BCUT2D eigenvalue weighted by Gasteiger charge is -2.19. The fraction of sp³-hybridized carbons (Fsp3) is 0.200. The number of carboxylic acid groups (broad SMARTS) is 1. The number of aliphatic carboxylic acids is 1. The SMILES string of the molecule is CC(C)(C(=O)O)C(=O)OC(=CCc1ccccc1)c1ccccc1. The molecule has 0 saturated heterocycles. The summed E-state index contributed by atoms with van der Waals surface area (Å²) in [5.41, 5.74) is 0.183. The first kappa shape index (κ1) is 17.5. The predicted molar refractivity (Wildman–Crippen MR) is 92.1 cm³/mol. The van der Waals surface area contributed by atoms with Gasteiger partial charge in [-0.1, -0.05) is 60.7 Å². The van der Waals surface area contributed by atoms with Crippen LogP contribution in [-0.4, -0.2) is 17.0 Å². The molecule has 0 radical (unpaired) electrons. The van der Waals surface area contributed by atoms with E-state index in [4.69, 9.17) is 4.74 Å². The summed E-state index contributed by atoms with van der Waals surface area (Å²) in [6, 6.07) is 18.9. The Kier molecular flexibility index (Phi) is 5.53. The van der Waals surface area contributed by atoms with Gasteiger partial charge in [-0.3, -0.25) is 9.59 Å². The standard InChI is InChI=1S/C20H20O4/c1-20(2,18(21)22)19(23)24-17(16-11-7-4-8-12-16)14-13-15-9-5-3-6-10-15/h3-12,14H,13H2,1-2H3,(H,21,22). The Morgan fingerprint density at radius 1 is 1.00 bits per heavy atom. The first-order valence-corrected chi connectivity index (χ1v) is 7.66. The van der Waals surface area contributed by atoms with Crippen molar-refractivity contribution in [1.29, 1.82) is 0 Å². The molecule has 0 heterocycles. The number of carboxylic acids is 1. The van der Waals surface area contributed by atoms with Gasteiger partial charge in [-0.05, 0) is 31.9 Å². The molecule has 0 aromatic heterocycles. The van der Waals surface area contributed by atoms with Gasteiger partial charge in [-0.25, -0.2) is 0 Å². The second kappa shape index (κ2) is 7.59. The Morgan fingerprint density at radius 2 is 1.54 bits per heavy atom. The van der Waals surface area contributed by atoms with Crippen LogP contribution in [0.3, 0.4) is 0 Å². The van der Waals surface area contributed by atoms with Gasteiger partial charge in [0.15, 0.2) is 5.41 Å². The van der Waals surface area contributed by atoms with E-state index >= 15 is 0 Å². The molecular weight excluding hydrogens is 304 g/mol. The first-order valence-electron chi connectivity index (χ1n) is 7.66. The van der Waals surface area contributed by atoms with E-state index in [0.717, 1.165) is 11.1 Å². The van der Waals surface area contributed by atoms with E-state index in [1.54, 1.807) is 6.08 Å². The van der Waals surface area contributed by atoms with Crippen molar-refractivity contribution in [3.8, 4) is 0 Å². The first-order chi connectivity index (χ1) is 11.4. The number of rotatable bonds is 6. The minimum Gasteiger partial charge on any atom is -0.480 e. The van der Waals surface area contributed by atoms with E-state index in [9.17, 15) is 14.7 Å². The third kappa shape index (κ3) is 4.32. The lowest BCUT2D eigenvalue weighted by Crippen LogP contribution is -2.34. The van der Waals surface area contributed by atoms with Crippen LogP contribution >= 0.6 is 0 Å². The van der Waals surface area contributed by atoms with Crippen molar-refractivity contribution in [3.05, 3.63) is 77.9 Å². The minimum atomic E-state index is -1.61. The monoisotopic (exact) mass is 324 g/mol. The number of carbonyl (C=O) groups excluding carboxylic acids is 1. The number of ether oxygens (including phenoxy) is 1. The lowest BCUT2D eigenvalue weighted by atomic mass is 9.94. The summed E-state index contributed by atoms with van der Waals surface area (Å²) in [6.07, 6.45) is 2.37. The van der Waals surface area contributed by atoms with Gasteiger partial charge in [0.2, 0.25) is 0 Å². The molecule has 4 nitrogen and oxygen atoms in total. The molecule has 2 rings (SSSR count). The molecule has 1 N–H and O–H groups in total. The second-order valence-corrected chi connectivity index (χ2v) is 5.94. The van der Waals surface area contributed by atoms with Crippen molar-refractivity contribution in [2.75, 3.05) is 0 Å². The Hall–Kier alpha value is -2.88. The summed E-state index contributed by atoms with van der Waals surface area (Å²) < 4.78 is 5.43. The third-order valence-electron chi connectivity index (χ3n) is 3.67. The van der Waals surface area contributed by atoms with Gasteiger partial charge >= 0.3 is 11.9 Å². The van der Waals surface area contributed by atoms with E-state index in [1.807, 2.05) is 60.7 Å². The fourth-order valence-electron chi connectivity index (χ4n) is 1.96. The second-order valence-electron chi connectivity index (χ2n) is 5.94. The number of esters is 1. The zero-order valence-corrected chi connectivity index (χ0v) is 13.7. The molecular formula is C20H20O4. The molecule has 24 heavy (non-hydrogen) atoms. The largest absolute Gasteiger partial charge is 0.480 e. The van der Waals surface area contributed by atoms with Crippen LogP contribution in [0.15, 0.2) is 66.7 Å². The molecule has 0 amide bonds. The molecule has 0 fully saturated rings. The summed E-state index contributed by atoms with van der Waals surface area (Å²) in [5, 5.41) is 9.18. The van der Waals surface area contributed by atoms with Crippen LogP contribution in [0.25, 0.3) is 5.76 Å². The molecule has 0 unspecified atom stereocenters. The average molecular weight is 324 g/mol. The lowest BCUT2D eigenvalue weighted by molar-refractivity contribution is -0.161. The Morgan fingerprint density at radius 3 is 2.08 bits per heavy atom. The maximum atomic E-state index is 12.3. The van der Waals surface area contributed by atoms with Gasteiger partial charge in [0.1, 0.15) is 5.76 Å². The molecule has 0 aliphatic carbocycles. The van der Waals surface area contributed by atoms with Crippen LogP contribution in [0.1, 0.15) is 25.0 Å². The molecule has 0 atom stereocenters. The minimum absolute atomic E-state index is 0.360. The van der Waals surface area contributed by atoms with Gasteiger partial charge in [0.05, 0.1) is 0 Å². The Labute approximate surface area is 141 Å². The van der Waals surface area contributed by atoms with Crippen molar-refractivity contribution in [2.24, 2.45) is 5.41 Å². The number of hydrogen-bond acceptors (Lipinski definition) is 3. The number of carbonyl (C=O) groups is 2. The predicted octanol–water partition coefficient (Wildman–Crippen LogP) is 3.92. The zero-order valence-electron chi connectivity index (χ0n) is 13.7. The summed E-state index contributed by atoms with van der Waals surface area (Å²) >= 11 is 0. The number of hydrogen-bond donors (Lipinski definition) is 1. The van der Waals surface area contributed by atoms with Gasteiger partial charge in [-0.15, -0.1) is 0 Å². The van der Waals surface area contributed by atoms with Crippen LogP contribution in [-0.2, 0) is 20.7 Å². The number of benzene rings is 2. The Bertz CT molecular complexity index is 731. The van der Waals surface area contributed by atoms with Crippen molar-refractivity contribution in [1.82, 2.24) is 0 Å². The molecule has 2 aromatic carbocycles. The summed E-state index contributed by atoms with van der Waals surface area (Å²) in [7, 11) is 0. The zero-order chi connectivity index (χ0) is 17.6. The summed E-state index contributed by atoms with van der Waals surface area (Å²) in [6.45, 7) is 2.66. The third-order valence-corrected chi connectivity index (χ3v) is 3.67. The van der Waals surface area contributed by atoms with Gasteiger partial charge in [0, 0.05) is 5.56 Å². The Balaban J connectivity index is 2.27. The topological polar surface area (TPSA) is 63.6 Å². The fourth-order valence-corrected chi connectivity index (χ4v) is 1.96. The molecule has 0 aliphatic heterocycles. The maximum absolute atomic E-state index is 12.3. The van der Waals surface area contributed by atoms with Crippen molar-refractivity contribution in [3.63, 3.8) is 0 Å². The van der Waals surface area contributed by atoms with Crippen LogP contribution in [0.4, 0.5) is 0 Å². The van der Waals surface area contributed by atoms with Crippen LogP contribution < -0.4 is 0 Å². The van der Waals surface area contributed by atoms with E-state index in [-0.39, 0.29) is 0 Å². The highest BCUT2D eigenvalue weighted by atomic mass is 16.5. The van der Waals surface area contributed by atoms with E-state index in [0.29, 0.717) is 12.2 Å². The summed E-state index contributed by atoms with van der Waals surface area (Å²) in [5.74, 6) is -1.65. The highest BCUT2D eigenvalue weighted by Gasteiger charge is 2.38. The molecule has 124 valence electrons. The van der Waals surface area contributed by atoms with Crippen LogP contribution in [0.2, 0.25) is 0 Å². The van der Waals surface area contributed by atoms with Crippen molar-refractivity contribution < 1.29 is 19.4 Å². The maximum Gasteiger partial charge on any atom is 0.328 e. The van der Waals surface area contributed by atoms with E-state index in [1.165, 1.54) is 13.8 Å². The van der Waals surface area contributed by atoms with Crippen LogP contribution in [0, 0.1) is 5.41 Å². The van der Waals surface area contributed by atoms with E-state index in [2.05, 4.69) is 0 Å². The van der Waals surface area contributed by atoms with Crippen molar-refractivity contribution >= 4 is 17.7 Å². The quantitative estimate of drug-likeness (QED) is 0.497. The highest BCUT2D eigenvalue weighted by molar-refractivity contribution is 5.99. The van der Waals surface area contributed by atoms with E-state index < -0.39 is 17.4 Å². The smallest absolute Gasteiger partial charge is 0.328 e. The highest BCUT2D eigenvalue weighted by Crippen LogP contribution is 2.24. The molecule has 2 aromatic rings. The van der Waals surface area contributed by atoms with Gasteiger partial charge < -0.3 is 9.84 Å². The van der Waals surface area contributed by atoms with Crippen molar-refractivity contribution in [2.45, 2.75) is 20.3 Å². The molecule has 0 aliphatic rings. The molecule has 4 heteroatoms. The van der Waals surface area contributed by atoms with Gasteiger partial charge in [-0.2, -0.15) is 0 Å². The number of allylic oxidation sites excluding steroid dienone is 1. The van der Waals surface area contributed by atoms with Crippen LogP contribution in [0.5, 0.6) is 0 Å². The van der Waals surface area contributed by atoms with Gasteiger partial charge in [0.25, 0.3) is 0 Å².